The van der Waals surface area contributed by atoms with Crippen LogP contribution in [0, 0.1) is 0 Å². The van der Waals surface area contributed by atoms with Crippen molar-refractivity contribution in [3.05, 3.63) is 0 Å². The standard InChI is InChI=1S/C4HF7O2.ClH/c5-2(6,1(12)13)3(7,8)4(9,10)11;/h(H,12,13);1H/p-1. The maximum Gasteiger partial charge on any atom is 0.460 e. The van der Waals surface area contributed by atoms with Gasteiger partial charge in [0.25, 0.3) is 0 Å². The average Bonchev–Trinajstić information content (AvgIpc) is 1.84. The molecule has 0 saturated heterocycles. The molecule has 14 heavy (non-hydrogen) atoms. The summed E-state index contributed by atoms with van der Waals surface area (Å²) in [6, 6.07) is 0. The van der Waals surface area contributed by atoms with Crippen molar-refractivity contribution in [1.29, 1.82) is 0 Å². The fourth-order valence-electron chi connectivity index (χ4n) is 0.312. The van der Waals surface area contributed by atoms with Crippen molar-refractivity contribution in [3.8, 4) is 0 Å². The molecule has 0 aliphatic rings. The minimum absolute atomic E-state index is 0. The van der Waals surface area contributed by atoms with Crippen LogP contribution in [0.5, 0.6) is 0 Å². The summed E-state index contributed by atoms with van der Waals surface area (Å²) < 4.78 is 80.5. The van der Waals surface area contributed by atoms with Crippen molar-refractivity contribution in [2.24, 2.45) is 0 Å². The molecule has 1 N–H and O–H groups in total. The van der Waals surface area contributed by atoms with E-state index >= 15 is 0 Å². The molecule has 86 valence electrons. The van der Waals surface area contributed by atoms with Gasteiger partial charge in [-0.25, -0.2) is 4.79 Å². The monoisotopic (exact) mass is 249 g/mol. The highest BCUT2D eigenvalue weighted by Crippen LogP contribution is 2.46. The summed E-state index contributed by atoms with van der Waals surface area (Å²) in [5, 5.41) is 7.41. The van der Waals surface area contributed by atoms with Gasteiger partial charge in [-0.3, -0.25) is 0 Å². The van der Waals surface area contributed by atoms with Crippen LogP contribution in [0.3, 0.4) is 0 Å². The summed E-state index contributed by atoms with van der Waals surface area (Å²) >= 11 is 0. The molecule has 0 aromatic rings. The van der Waals surface area contributed by atoms with Crippen molar-refractivity contribution in [2.45, 2.75) is 18.0 Å². The summed E-state index contributed by atoms with van der Waals surface area (Å²) in [4.78, 5) is 9.38. The number of carboxylic acids is 1. The first kappa shape index (κ1) is 15.7. The van der Waals surface area contributed by atoms with Gasteiger partial charge in [-0.1, -0.05) is 0 Å². The highest BCUT2D eigenvalue weighted by Gasteiger charge is 2.76. The predicted octanol–water partition coefficient (Wildman–Crippen LogP) is -1.09. The van der Waals surface area contributed by atoms with Crippen LogP contribution in [0.1, 0.15) is 0 Å². The molecule has 0 aromatic carbocycles. The number of hydrogen-bond acceptors (Lipinski definition) is 1. The fourth-order valence-corrected chi connectivity index (χ4v) is 0.312. The van der Waals surface area contributed by atoms with Gasteiger partial charge < -0.3 is 17.5 Å². The number of hydrogen-bond donors (Lipinski definition) is 1. The van der Waals surface area contributed by atoms with Crippen LogP contribution in [0.2, 0.25) is 0 Å². The Morgan fingerprint density at radius 3 is 1.29 bits per heavy atom. The fraction of sp³-hybridized carbons (Fsp3) is 0.750. The zero-order valence-corrected chi connectivity index (χ0v) is 6.64. The lowest BCUT2D eigenvalue weighted by molar-refractivity contribution is -0.347. The van der Waals surface area contributed by atoms with E-state index in [0.717, 1.165) is 0 Å². The molecule has 0 rings (SSSR count). The van der Waals surface area contributed by atoms with E-state index < -0.39 is 24.0 Å². The van der Waals surface area contributed by atoms with Gasteiger partial charge in [-0.15, -0.1) is 0 Å². The molecule has 0 aromatic heterocycles. The third kappa shape index (κ3) is 2.20. The van der Waals surface area contributed by atoms with Crippen LogP contribution >= 0.6 is 0 Å². The van der Waals surface area contributed by atoms with E-state index in [2.05, 4.69) is 0 Å². The number of rotatable bonds is 2. The van der Waals surface area contributed by atoms with Gasteiger partial charge in [0.05, 0.1) is 0 Å². The molecular formula is C4HClF7O2-. The number of carbonyl (C=O) groups is 1. The lowest BCUT2D eigenvalue weighted by Gasteiger charge is -2.24. The first-order valence-corrected chi connectivity index (χ1v) is 2.50. The Hall–Kier alpha value is -0.730. The van der Waals surface area contributed by atoms with Gasteiger partial charge in [0.15, 0.2) is 0 Å². The van der Waals surface area contributed by atoms with Crippen LogP contribution in [0.25, 0.3) is 0 Å². The summed E-state index contributed by atoms with van der Waals surface area (Å²) in [7, 11) is 0. The highest BCUT2D eigenvalue weighted by molar-refractivity contribution is 5.76. The highest BCUT2D eigenvalue weighted by atomic mass is 35.5. The van der Waals surface area contributed by atoms with Crippen LogP contribution in [0.4, 0.5) is 30.7 Å². The van der Waals surface area contributed by atoms with Gasteiger partial charge in [0, 0.05) is 0 Å². The molecular weight excluding hydrogens is 248 g/mol. The lowest BCUT2D eigenvalue weighted by atomic mass is 10.1. The van der Waals surface area contributed by atoms with E-state index in [0.29, 0.717) is 0 Å². The van der Waals surface area contributed by atoms with E-state index in [1.807, 2.05) is 0 Å². The maximum absolute atomic E-state index is 11.8. The largest absolute Gasteiger partial charge is 1.00 e. The van der Waals surface area contributed by atoms with E-state index in [9.17, 15) is 35.5 Å². The predicted molar refractivity (Wildman–Crippen MR) is 23.6 cm³/mol. The third-order valence-electron chi connectivity index (χ3n) is 1.02. The Labute approximate surface area is 78.1 Å². The zero-order chi connectivity index (χ0) is 11.1. The summed E-state index contributed by atoms with van der Waals surface area (Å²) in [5.74, 6) is -16.3. The van der Waals surface area contributed by atoms with Gasteiger partial charge in [0.1, 0.15) is 0 Å². The molecule has 0 aliphatic heterocycles. The molecule has 0 radical (unpaired) electrons. The second-order valence-electron chi connectivity index (χ2n) is 1.95. The number of aliphatic carboxylic acids is 1. The smallest absolute Gasteiger partial charge is 0.460 e. The van der Waals surface area contributed by atoms with Gasteiger partial charge in [-0.05, 0) is 0 Å². The van der Waals surface area contributed by atoms with Crippen molar-refractivity contribution < 1.29 is 53.0 Å². The van der Waals surface area contributed by atoms with Gasteiger partial charge in [0.2, 0.25) is 0 Å². The second kappa shape index (κ2) is 3.79. The topological polar surface area (TPSA) is 37.3 Å². The second-order valence-corrected chi connectivity index (χ2v) is 1.95. The lowest BCUT2D eigenvalue weighted by Crippen LogP contribution is -3.00. The Balaban J connectivity index is 0. The van der Waals surface area contributed by atoms with E-state index in [1.54, 1.807) is 0 Å². The quantitative estimate of drug-likeness (QED) is 0.632. The minimum atomic E-state index is -6.60. The molecule has 0 atom stereocenters. The van der Waals surface area contributed by atoms with Gasteiger partial charge in [-0.2, -0.15) is 30.7 Å². The Morgan fingerprint density at radius 1 is 0.929 bits per heavy atom. The first-order chi connectivity index (χ1) is 5.44. The molecule has 0 spiro atoms. The Kier molecular flexibility index (Phi) is 4.26. The molecule has 0 heterocycles. The molecule has 0 aliphatic carbocycles. The average molecular weight is 249 g/mol. The number of carboxylic acid groups (broad SMARTS) is 1. The van der Waals surface area contributed by atoms with Crippen molar-refractivity contribution in [1.82, 2.24) is 0 Å². The maximum atomic E-state index is 11.8. The summed E-state index contributed by atoms with van der Waals surface area (Å²) in [6.07, 6.45) is -6.60. The van der Waals surface area contributed by atoms with Crippen molar-refractivity contribution in [3.63, 3.8) is 0 Å². The number of halogens is 8. The Morgan fingerprint density at radius 2 is 1.21 bits per heavy atom. The minimum Gasteiger partial charge on any atom is -1.00 e. The van der Waals surface area contributed by atoms with Crippen LogP contribution < -0.4 is 12.4 Å². The molecule has 0 amide bonds. The number of alkyl halides is 7. The van der Waals surface area contributed by atoms with Crippen LogP contribution in [-0.4, -0.2) is 29.1 Å². The van der Waals surface area contributed by atoms with E-state index in [4.69, 9.17) is 5.11 Å². The molecule has 0 saturated carbocycles. The molecule has 0 fully saturated rings. The molecule has 0 unspecified atom stereocenters. The SMILES string of the molecule is O=C(O)C(F)(F)C(F)(F)C(F)(F)F.[Cl-]. The van der Waals surface area contributed by atoms with Crippen molar-refractivity contribution >= 4 is 5.97 Å². The van der Waals surface area contributed by atoms with Crippen LogP contribution in [-0.2, 0) is 4.79 Å². The van der Waals surface area contributed by atoms with Crippen LogP contribution in [0.15, 0.2) is 0 Å². The summed E-state index contributed by atoms with van der Waals surface area (Å²) in [6.45, 7) is 0. The molecule has 10 heteroatoms. The summed E-state index contributed by atoms with van der Waals surface area (Å²) in [5.41, 5.74) is 0. The first-order valence-electron chi connectivity index (χ1n) is 2.50. The third-order valence-corrected chi connectivity index (χ3v) is 1.02. The normalized spacial score (nSPS) is 13.4. The Bertz CT molecular complexity index is 222. The molecule has 2 nitrogen and oxygen atoms in total. The van der Waals surface area contributed by atoms with E-state index in [-0.39, 0.29) is 12.4 Å². The van der Waals surface area contributed by atoms with Crippen molar-refractivity contribution in [2.75, 3.05) is 0 Å². The molecule has 0 bridgehead atoms. The van der Waals surface area contributed by atoms with Gasteiger partial charge >= 0.3 is 24.0 Å². The zero-order valence-electron chi connectivity index (χ0n) is 5.88. The van der Waals surface area contributed by atoms with E-state index in [1.165, 1.54) is 0 Å².